The fourth-order valence-electron chi connectivity index (χ4n) is 1.00. The lowest BCUT2D eigenvalue weighted by Gasteiger charge is -1.99. The number of ether oxygens (including phenoxy) is 1. The number of aryl methyl sites for hydroxylation is 1. The summed E-state index contributed by atoms with van der Waals surface area (Å²) in [6.07, 6.45) is 2.20. The summed E-state index contributed by atoms with van der Waals surface area (Å²) in [6.45, 7) is 2.14. The third kappa shape index (κ3) is 15.6. The predicted molar refractivity (Wildman–Crippen MR) is 81.8 cm³/mol. The highest BCUT2D eigenvalue weighted by atomic mass is 16.5. The molecule has 0 spiro atoms. The van der Waals surface area contributed by atoms with Crippen LogP contribution in [0.25, 0.3) is 0 Å². The summed E-state index contributed by atoms with van der Waals surface area (Å²) in [5.41, 5.74) is 1.35. The Kier molecular flexibility index (Phi) is 14.1. The van der Waals surface area contributed by atoms with Gasteiger partial charge in [0.15, 0.2) is 0 Å². The van der Waals surface area contributed by atoms with Gasteiger partial charge in [0.2, 0.25) is 0 Å². The Bertz CT molecular complexity index is 387. The molecule has 0 aromatic heterocycles. The first-order valence-corrected chi connectivity index (χ1v) is 6.26. The van der Waals surface area contributed by atoms with Crippen molar-refractivity contribution in [2.24, 2.45) is 0 Å². The van der Waals surface area contributed by atoms with Gasteiger partial charge in [-0.25, -0.2) is 9.59 Å². The molecular weight excluding hydrogens is 274 g/mol. The van der Waals surface area contributed by atoms with Crippen molar-refractivity contribution in [2.45, 2.75) is 13.3 Å². The first-order chi connectivity index (χ1) is 9.90. The molecule has 0 bridgehead atoms. The van der Waals surface area contributed by atoms with E-state index in [0.29, 0.717) is 12.2 Å². The molecule has 0 fully saturated rings. The minimum Gasteiger partial charge on any atom is -0.497 e. The standard InChI is InChI=1S/C9H12O.C4H4O4.C2H7N/c1-3-8-4-6-9(10-2)7-5-8;5-3(6)1-2-4(7)8;1-3-2/h4-7H,3H2,1-2H3;1-2H,(H,5,6)(H,7,8);3H,1-2H3/b;2-1-;. The van der Waals surface area contributed by atoms with Crippen molar-refractivity contribution in [1.82, 2.24) is 5.32 Å². The van der Waals surface area contributed by atoms with Crippen molar-refractivity contribution < 1.29 is 24.5 Å². The van der Waals surface area contributed by atoms with E-state index in [0.717, 1.165) is 12.2 Å². The van der Waals surface area contributed by atoms with Crippen LogP contribution in [0.5, 0.6) is 5.75 Å². The molecular formula is C15H23NO5. The molecule has 1 aromatic carbocycles. The number of carbonyl (C=O) groups is 2. The molecule has 118 valence electrons. The maximum atomic E-state index is 9.55. The number of nitrogens with one attached hydrogen (secondary N) is 1. The molecule has 0 unspecified atom stereocenters. The summed E-state index contributed by atoms with van der Waals surface area (Å²) in [5.74, 6) is -1.59. The Morgan fingerprint density at radius 2 is 1.48 bits per heavy atom. The zero-order valence-electron chi connectivity index (χ0n) is 12.8. The van der Waals surface area contributed by atoms with E-state index in [9.17, 15) is 9.59 Å². The van der Waals surface area contributed by atoms with Crippen molar-refractivity contribution in [2.75, 3.05) is 21.2 Å². The van der Waals surface area contributed by atoms with Crippen LogP contribution in [0.4, 0.5) is 0 Å². The fourth-order valence-corrected chi connectivity index (χ4v) is 1.00. The average molecular weight is 297 g/mol. The number of carboxylic acid groups (broad SMARTS) is 2. The molecule has 0 aliphatic carbocycles. The molecule has 0 aliphatic heterocycles. The summed E-state index contributed by atoms with van der Waals surface area (Å²) in [7, 11) is 5.43. The van der Waals surface area contributed by atoms with Crippen molar-refractivity contribution in [3.8, 4) is 5.75 Å². The lowest BCUT2D eigenvalue weighted by molar-refractivity contribution is -0.134. The number of aliphatic carboxylic acids is 2. The minimum absolute atomic E-state index is 0.558. The van der Waals surface area contributed by atoms with E-state index in [2.05, 4.69) is 24.4 Å². The van der Waals surface area contributed by atoms with Gasteiger partial charge in [-0.15, -0.1) is 0 Å². The van der Waals surface area contributed by atoms with Gasteiger partial charge in [-0.3, -0.25) is 0 Å². The van der Waals surface area contributed by atoms with Crippen LogP contribution >= 0.6 is 0 Å². The summed E-state index contributed by atoms with van der Waals surface area (Å²) < 4.78 is 5.01. The van der Waals surface area contributed by atoms with Gasteiger partial charge in [0, 0.05) is 12.2 Å². The van der Waals surface area contributed by atoms with E-state index in [1.165, 1.54) is 5.56 Å². The number of hydrogen-bond acceptors (Lipinski definition) is 4. The zero-order chi connectivity index (χ0) is 16.7. The molecule has 3 N–H and O–H groups in total. The van der Waals surface area contributed by atoms with Gasteiger partial charge in [0.05, 0.1) is 7.11 Å². The molecule has 0 atom stereocenters. The first-order valence-electron chi connectivity index (χ1n) is 6.26. The normalized spacial score (nSPS) is 8.95. The van der Waals surface area contributed by atoms with Gasteiger partial charge in [-0.1, -0.05) is 19.1 Å². The minimum atomic E-state index is -1.26. The van der Waals surface area contributed by atoms with Gasteiger partial charge in [0.1, 0.15) is 5.75 Å². The van der Waals surface area contributed by atoms with Gasteiger partial charge in [-0.05, 0) is 38.2 Å². The smallest absolute Gasteiger partial charge is 0.328 e. The van der Waals surface area contributed by atoms with Crippen LogP contribution in [0.2, 0.25) is 0 Å². The third-order valence-electron chi connectivity index (χ3n) is 1.94. The first kappa shape index (κ1) is 21.0. The molecule has 0 saturated carbocycles. The Morgan fingerprint density at radius 3 is 1.71 bits per heavy atom. The highest BCUT2D eigenvalue weighted by Gasteiger charge is 1.89. The summed E-state index contributed by atoms with van der Waals surface area (Å²) in [4.78, 5) is 19.1. The number of methoxy groups -OCH3 is 1. The van der Waals surface area contributed by atoms with Crippen LogP contribution in [0, 0.1) is 0 Å². The Hall–Kier alpha value is -2.34. The largest absolute Gasteiger partial charge is 0.497 e. The van der Waals surface area contributed by atoms with Crippen LogP contribution in [0.1, 0.15) is 12.5 Å². The van der Waals surface area contributed by atoms with Crippen molar-refractivity contribution >= 4 is 11.9 Å². The SMILES string of the molecule is CCc1ccc(OC)cc1.CNC.O=C(O)/C=C\C(=O)O. The highest BCUT2D eigenvalue weighted by molar-refractivity contribution is 5.89. The fraction of sp³-hybridized carbons (Fsp3) is 0.333. The lowest BCUT2D eigenvalue weighted by atomic mass is 10.2. The maximum absolute atomic E-state index is 9.55. The molecule has 6 heteroatoms. The lowest BCUT2D eigenvalue weighted by Crippen LogP contribution is -1.91. The van der Waals surface area contributed by atoms with E-state index >= 15 is 0 Å². The van der Waals surface area contributed by atoms with Crippen LogP contribution in [0.3, 0.4) is 0 Å². The van der Waals surface area contributed by atoms with Crippen LogP contribution < -0.4 is 10.1 Å². The topological polar surface area (TPSA) is 95.9 Å². The van der Waals surface area contributed by atoms with E-state index in [1.54, 1.807) is 7.11 Å². The summed E-state index contributed by atoms with van der Waals surface area (Å²) in [5, 5.41) is 18.4. The molecule has 0 heterocycles. The molecule has 1 rings (SSSR count). The molecule has 21 heavy (non-hydrogen) atoms. The second kappa shape index (κ2) is 14.1. The third-order valence-corrected chi connectivity index (χ3v) is 1.94. The molecule has 0 radical (unpaired) electrons. The molecule has 0 amide bonds. The average Bonchev–Trinajstić information content (AvgIpc) is 2.47. The van der Waals surface area contributed by atoms with Gasteiger partial charge in [-0.2, -0.15) is 0 Å². The summed E-state index contributed by atoms with van der Waals surface area (Å²) >= 11 is 0. The van der Waals surface area contributed by atoms with Gasteiger partial charge >= 0.3 is 11.9 Å². The second-order valence-electron chi connectivity index (χ2n) is 3.71. The quantitative estimate of drug-likeness (QED) is 0.733. The number of rotatable bonds is 4. The highest BCUT2D eigenvalue weighted by Crippen LogP contribution is 2.10. The summed E-state index contributed by atoms with van der Waals surface area (Å²) in [6, 6.07) is 8.13. The van der Waals surface area contributed by atoms with E-state index < -0.39 is 11.9 Å². The van der Waals surface area contributed by atoms with Gasteiger partial charge < -0.3 is 20.3 Å². The predicted octanol–water partition coefficient (Wildman–Crippen LogP) is 1.80. The second-order valence-corrected chi connectivity index (χ2v) is 3.71. The Morgan fingerprint density at radius 1 is 1.10 bits per heavy atom. The van der Waals surface area contributed by atoms with Gasteiger partial charge in [0.25, 0.3) is 0 Å². The molecule has 1 aromatic rings. The van der Waals surface area contributed by atoms with Crippen molar-refractivity contribution in [3.05, 3.63) is 42.0 Å². The van der Waals surface area contributed by atoms with E-state index in [1.807, 2.05) is 26.2 Å². The maximum Gasteiger partial charge on any atom is 0.328 e. The monoisotopic (exact) mass is 297 g/mol. The van der Waals surface area contributed by atoms with Crippen molar-refractivity contribution in [3.63, 3.8) is 0 Å². The van der Waals surface area contributed by atoms with Crippen LogP contribution in [-0.4, -0.2) is 43.4 Å². The van der Waals surface area contributed by atoms with Crippen molar-refractivity contribution in [1.29, 1.82) is 0 Å². The number of hydrogen-bond donors (Lipinski definition) is 3. The van der Waals surface area contributed by atoms with Crippen LogP contribution in [0.15, 0.2) is 36.4 Å². The Balaban J connectivity index is 0. The zero-order valence-corrected chi connectivity index (χ0v) is 12.8. The van der Waals surface area contributed by atoms with Crippen LogP contribution in [-0.2, 0) is 16.0 Å². The Labute approximate surface area is 125 Å². The number of benzene rings is 1. The van der Waals surface area contributed by atoms with E-state index in [4.69, 9.17) is 14.9 Å². The molecule has 0 saturated heterocycles. The van der Waals surface area contributed by atoms with E-state index in [-0.39, 0.29) is 0 Å². The molecule has 6 nitrogen and oxygen atoms in total. The number of carboxylic acids is 2. The molecule has 0 aliphatic rings.